The molecule has 1 saturated carbocycles. The lowest BCUT2D eigenvalue weighted by atomic mass is 9.83. The Morgan fingerprint density at radius 3 is 2.41 bits per heavy atom. The first-order chi connectivity index (χ1) is 27.0. The highest BCUT2D eigenvalue weighted by Crippen LogP contribution is 2.30. The van der Waals surface area contributed by atoms with Crippen molar-refractivity contribution in [3.05, 3.63) is 65.7 Å². The molecule has 5 rings (SSSR count). The van der Waals surface area contributed by atoms with Gasteiger partial charge in [0.15, 0.2) is 6.04 Å². The molecule has 5 amide bonds. The van der Waals surface area contributed by atoms with E-state index in [9.17, 15) is 38.7 Å². The minimum atomic E-state index is -1.37. The Balaban J connectivity index is 1.29. The second kappa shape index (κ2) is 20.6. The predicted octanol–water partition coefficient (Wildman–Crippen LogP) is 2.37. The van der Waals surface area contributed by atoms with Gasteiger partial charge in [-0.25, -0.2) is 4.79 Å². The smallest absolute Gasteiger partial charge is 0.330 e. The number of carboxylic acid groups (broad SMARTS) is 1. The van der Waals surface area contributed by atoms with Gasteiger partial charge in [-0.15, -0.1) is 0 Å². The molecule has 2 heterocycles. The summed E-state index contributed by atoms with van der Waals surface area (Å²) < 4.78 is 12.1. The highest BCUT2D eigenvalue weighted by atomic mass is 16.5. The summed E-state index contributed by atoms with van der Waals surface area (Å²) in [5.41, 5.74) is 1.07. The van der Waals surface area contributed by atoms with Crippen molar-refractivity contribution in [3.8, 4) is 5.75 Å². The molecule has 5 N–H and O–H groups in total. The van der Waals surface area contributed by atoms with Crippen molar-refractivity contribution in [3.63, 3.8) is 0 Å². The Morgan fingerprint density at radius 2 is 1.68 bits per heavy atom. The summed E-state index contributed by atoms with van der Waals surface area (Å²) in [6.07, 6.45) is 5.95. The molecule has 3 aliphatic rings. The van der Waals surface area contributed by atoms with Crippen LogP contribution in [-0.2, 0) is 44.7 Å². The van der Waals surface area contributed by atoms with Crippen LogP contribution in [0.15, 0.2) is 54.6 Å². The van der Waals surface area contributed by atoms with Crippen LogP contribution < -0.4 is 26.0 Å². The second-order valence-corrected chi connectivity index (χ2v) is 14.7. The van der Waals surface area contributed by atoms with Gasteiger partial charge in [-0.3, -0.25) is 28.8 Å². The van der Waals surface area contributed by atoms with E-state index in [2.05, 4.69) is 21.3 Å². The number of carbonyl (C=O) groups is 7. The molecular formula is C41H53N5O10. The fourth-order valence-electron chi connectivity index (χ4n) is 7.61. The third-order valence-corrected chi connectivity index (χ3v) is 10.5. The van der Waals surface area contributed by atoms with Gasteiger partial charge in [-0.2, -0.15) is 0 Å². The van der Waals surface area contributed by atoms with E-state index < -0.39 is 72.2 Å². The number of nitrogens with one attached hydrogen (secondary N) is 4. The van der Waals surface area contributed by atoms with E-state index in [0.29, 0.717) is 43.8 Å². The summed E-state index contributed by atoms with van der Waals surface area (Å²) >= 11 is 0. The molecule has 1 aliphatic carbocycles. The molecule has 2 aromatic rings. The van der Waals surface area contributed by atoms with Crippen molar-refractivity contribution in [2.75, 3.05) is 26.3 Å². The number of carboxylic acids is 1. The molecule has 2 aromatic carbocycles. The number of carbonyl (C=O) groups excluding carboxylic acids is 6. The molecule has 5 atom stereocenters. The summed E-state index contributed by atoms with van der Waals surface area (Å²) in [7, 11) is 0. The zero-order valence-electron chi connectivity index (χ0n) is 31.8. The summed E-state index contributed by atoms with van der Waals surface area (Å²) in [4.78, 5) is 94.4. The Labute approximate surface area is 326 Å². The number of fused-ring (bicyclic) bond motifs is 4. The first kappa shape index (κ1) is 41.8. The van der Waals surface area contributed by atoms with E-state index >= 15 is 0 Å². The van der Waals surface area contributed by atoms with Crippen LogP contribution in [0, 0.1) is 5.92 Å². The van der Waals surface area contributed by atoms with Crippen LogP contribution in [0.3, 0.4) is 0 Å². The van der Waals surface area contributed by atoms with E-state index in [1.165, 1.54) is 17.0 Å². The van der Waals surface area contributed by atoms with E-state index in [-0.39, 0.29) is 37.6 Å². The second-order valence-electron chi connectivity index (χ2n) is 14.7. The molecule has 15 heteroatoms. The van der Waals surface area contributed by atoms with Crippen molar-refractivity contribution < 1.29 is 48.1 Å². The van der Waals surface area contributed by atoms with Crippen molar-refractivity contribution in [1.29, 1.82) is 0 Å². The lowest BCUT2D eigenvalue weighted by Crippen LogP contribution is -2.58. The molecule has 0 spiro atoms. The normalized spacial score (nSPS) is 22.0. The van der Waals surface area contributed by atoms with Gasteiger partial charge in [0.1, 0.15) is 17.8 Å². The average molecular weight is 776 g/mol. The largest absolute Gasteiger partial charge is 0.494 e. The SMILES string of the molecule is CCCC(NC(=O)[C@@H]1C[C@@H]2CN1C(=O)[C@H](C1CCCCC1)NC(=O)Cc1cccc(c1)OCCCCO2)C(=O)C(=O)NCC(=O)NC(C(=O)O)c1ccccc1. The molecule has 0 aromatic heterocycles. The minimum Gasteiger partial charge on any atom is -0.494 e. The fraction of sp³-hybridized carbons (Fsp3) is 0.537. The van der Waals surface area contributed by atoms with Crippen LogP contribution in [-0.4, -0.2) is 102 Å². The summed E-state index contributed by atoms with van der Waals surface area (Å²) in [6.45, 7) is 2.03. The highest BCUT2D eigenvalue weighted by molar-refractivity contribution is 6.38. The maximum absolute atomic E-state index is 14.5. The van der Waals surface area contributed by atoms with Crippen LogP contribution in [0.25, 0.3) is 0 Å². The molecule has 2 unspecified atom stereocenters. The van der Waals surface area contributed by atoms with Gasteiger partial charge >= 0.3 is 5.97 Å². The maximum Gasteiger partial charge on any atom is 0.330 e. The van der Waals surface area contributed by atoms with Crippen LogP contribution in [0.5, 0.6) is 5.75 Å². The lowest BCUT2D eigenvalue weighted by Gasteiger charge is -2.35. The molecule has 2 aliphatic heterocycles. The lowest BCUT2D eigenvalue weighted by molar-refractivity contribution is -0.144. The number of ketones is 1. The predicted molar refractivity (Wildman–Crippen MR) is 203 cm³/mol. The maximum atomic E-state index is 14.5. The van der Waals surface area contributed by atoms with Gasteiger partial charge in [0.05, 0.1) is 31.7 Å². The number of Topliss-reactive ketones (excluding diaryl/α,β-unsaturated/α-hetero) is 1. The Hall–Kier alpha value is -5.31. The zero-order valence-corrected chi connectivity index (χ0v) is 31.8. The van der Waals surface area contributed by atoms with Gasteiger partial charge in [-0.05, 0) is 61.3 Å². The number of amides is 5. The molecule has 2 fully saturated rings. The Bertz CT molecular complexity index is 1720. The molecule has 1 saturated heterocycles. The van der Waals surface area contributed by atoms with E-state index in [4.69, 9.17) is 9.47 Å². The number of hydrogen-bond donors (Lipinski definition) is 5. The third-order valence-electron chi connectivity index (χ3n) is 10.5. The standard InChI is InChI=1S/C41H53N5O10/c1-2-12-31(37(49)39(51)42-24-34(48)45-36(41(53)54)28-16-7-4-8-17-28)43-38(50)32-23-30-25-46(32)40(52)35(27-14-5-3-6-15-27)44-33(47)22-26-13-11-18-29(21-26)55-19-9-10-20-56-30/h4,7-8,11,13,16-18,21,27,30-32,35-36H,2-3,5-6,9-10,12,14-15,19-20,22-25H2,1H3,(H,42,51)(H,43,50)(H,44,47)(H,45,48)(H,53,54)/t30-,31?,32+,35+,36?/m1/s1. The summed E-state index contributed by atoms with van der Waals surface area (Å²) in [5.74, 6) is -5.08. The average Bonchev–Trinajstić information content (AvgIpc) is 3.63. The molecule has 302 valence electrons. The van der Waals surface area contributed by atoms with Crippen molar-refractivity contribution in [2.45, 2.75) is 108 Å². The monoisotopic (exact) mass is 775 g/mol. The van der Waals surface area contributed by atoms with Crippen LogP contribution in [0.1, 0.15) is 88.3 Å². The summed E-state index contributed by atoms with van der Waals surface area (Å²) in [6, 6.07) is 10.8. The Kier molecular flexibility index (Phi) is 15.4. The van der Waals surface area contributed by atoms with E-state index in [1.807, 2.05) is 24.3 Å². The number of rotatable bonds is 12. The Morgan fingerprint density at radius 1 is 0.929 bits per heavy atom. The summed E-state index contributed by atoms with van der Waals surface area (Å²) in [5, 5.41) is 19.9. The molecule has 4 bridgehead atoms. The topological polar surface area (TPSA) is 210 Å². The van der Waals surface area contributed by atoms with Gasteiger partial charge in [0, 0.05) is 19.6 Å². The fourth-order valence-corrected chi connectivity index (χ4v) is 7.61. The van der Waals surface area contributed by atoms with Crippen molar-refractivity contribution >= 4 is 41.3 Å². The molecule has 56 heavy (non-hydrogen) atoms. The van der Waals surface area contributed by atoms with E-state index in [0.717, 1.165) is 37.7 Å². The van der Waals surface area contributed by atoms with Crippen LogP contribution >= 0.6 is 0 Å². The molecule has 0 radical (unpaired) electrons. The van der Waals surface area contributed by atoms with Crippen molar-refractivity contribution in [1.82, 2.24) is 26.2 Å². The van der Waals surface area contributed by atoms with Crippen LogP contribution in [0.4, 0.5) is 0 Å². The molecule has 15 nitrogen and oxygen atoms in total. The minimum absolute atomic E-state index is 0.0427. The van der Waals surface area contributed by atoms with Gasteiger partial charge in [0.25, 0.3) is 5.91 Å². The van der Waals surface area contributed by atoms with Crippen molar-refractivity contribution in [2.24, 2.45) is 5.92 Å². The highest BCUT2D eigenvalue weighted by Gasteiger charge is 2.45. The van der Waals surface area contributed by atoms with Gasteiger partial charge in [-0.1, -0.05) is 75.1 Å². The quantitative estimate of drug-likeness (QED) is 0.199. The molecular weight excluding hydrogens is 722 g/mol. The zero-order chi connectivity index (χ0) is 40.0. The first-order valence-electron chi connectivity index (χ1n) is 19.7. The van der Waals surface area contributed by atoms with E-state index in [1.54, 1.807) is 25.1 Å². The third kappa shape index (κ3) is 11.6. The number of ether oxygens (including phenoxy) is 2. The first-order valence-corrected chi connectivity index (χ1v) is 19.7. The van der Waals surface area contributed by atoms with Crippen LogP contribution in [0.2, 0.25) is 0 Å². The van der Waals surface area contributed by atoms with Gasteiger partial charge in [0.2, 0.25) is 29.4 Å². The number of nitrogens with zero attached hydrogens (tertiary/aromatic N) is 1. The number of hydrogen-bond acceptors (Lipinski definition) is 9. The number of benzene rings is 2. The number of aliphatic carboxylic acids is 1. The van der Waals surface area contributed by atoms with Gasteiger partial charge < -0.3 is 40.7 Å².